The van der Waals surface area contributed by atoms with E-state index in [4.69, 9.17) is 4.74 Å². The number of carbonyl (C=O) groups excluding carboxylic acids is 1. The van der Waals surface area contributed by atoms with Gasteiger partial charge in [0, 0.05) is 16.6 Å². The molecule has 0 bridgehead atoms. The summed E-state index contributed by atoms with van der Waals surface area (Å²) < 4.78 is 6.16. The summed E-state index contributed by atoms with van der Waals surface area (Å²) in [6.45, 7) is 0.597. The number of benzene rings is 2. The van der Waals surface area contributed by atoms with Crippen LogP contribution in [0.15, 0.2) is 70.2 Å². The van der Waals surface area contributed by atoms with Gasteiger partial charge in [-0.25, -0.2) is 0 Å². The number of thioether (sulfide) groups is 1. The Morgan fingerprint density at radius 3 is 2.43 bits per heavy atom. The van der Waals surface area contributed by atoms with Gasteiger partial charge in [0.15, 0.2) is 0 Å². The molecule has 0 radical (unpaired) electrons. The molecule has 1 N–H and O–H groups in total. The molecular formula is C21H20BrN3O2S. The van der Waals surface area contributed by atoms with E-state index in [1.807, 2.05) is 60.7 Å². The normalized spacial score (nSPS) is 10.5. The van der Waals surface area contributed by atoms with Gasteiger partial charge in [0.1, 0.15) is 10.8 Å². The van der Waals surface area contributed by atoms with E-state index in [2.05, 4.69) is 31.4 Å². The van der Waals surface area contributed by atoms with Crippen LogP contribution in [0.3, 0.4) is 0 Å². The summed E-state index contributed by atoms with van der Waals surface area (Å²) in [5.41, 5.74) is 2.97. The molecule has 1 amide bonds. The van der Waals surface area contributed by atoms with Crippen molar-refractivity contribution in [2.45, 2.75) is 11.4 Å². The fourth-order valence-electron chi connectivity index (χ4n) is 2.50. The molecule has 2 aromatic carbocycles. The van der Waals surface area contributed by atoms with Gasteiger partial charge in [-0.15, -0.1) is 10.2 Å². The third kappa shape index (κ3) is 6.07. The van der Waals surface area contributed by atoms with Crippen LogP contribution in [0.1, 0.15) is 5.56 Å². The van der Waals surface area contributed by atoms with Gasteiger partial charge in [-0.3, -0.25) is 4.79 Å². The molecule has 3 rings (SSSR count). The van der Waals surface area contributed by atoms with Crippen LogP contribution in [-0.2, 0) is 11.2 Å². The van der Waals surface area contributed by atoms with Crippen molar-refractivity contribution < 1.29 is 9.53 Å². The van der Waals surface area contributed by atoms with Crippen LogP contribution in [0, 0.1) is 0 Å². The number of halogens is 1. The SMILES string of the molecule is COc1ccc(CCNC(=O)CSc2ccc(-c3ccc(Br)cc3)nn2)cc1. The van der Waals surface area contributed by atoms with E-state index in [0.717, 1.165) is 38.5 Å². The molecule has 0 saturated heterocycles. The maximum atomic E-state index is 12.0. The lowest BCUT2D eigenvalue weighted by molar-refractivity contribution is -0.118. The van der Waals surface area contributed by atoms with Gasteiger partial charge in [0.25, 0.3) is 0 Å². The van der Waals surface area contributed by atoms with Gasteiger partial charge < -0.3 is 10.1 Å². The number of nitrogens with zero attached hydrogens (tertiary/aromatic N) is 2. The average molecular weight is 458 g/mol. The predicted molar refractivity (Wildman–Crippen MR) is 116 cm³/mol. The van der Waals surface area contributed by atoms with Crippen molar-refractivity contribution in [3.8, 4) is 17.0 Å². The van der Waals surface area contributed by atoms with Crippen LogP contribution < -0.4 is 10.1 Å². The summed E-state index contributed by atoms with van der Waals surface area (Å²) in [5, 5.41) is 12.1. The first-order valence-corrected chi connectivity index (χ1v) is 10.5. The highest BCUT2D eigenvalue weighted by Gasteiger charge is 2.06. The average Bonchev–Trinajstić information content (AvgIpc) is 2.74. The molecule has 28 heavy (non-hydrogen) atoms. The number of methoxy groups -OCH3 is 1. The number of rotatable bonds is 8. The molecule has 0 fully saturated rings. The summed E-state index contributed by atoms with van der Waals surface area (Å²) in [4.78, 5) is 12.0. The van der Waals surface area contributed by atoms with Crippen molar-refractivity contribution >= 4 is 33.6 Å². The van der Waals surface area contributed by atoms with Crippen LogP contribution in [0.25, 0.3) is 11.3 Å². The van der Waals surface area contributed by atoms with Gasteiger partial charge in [-0.1, -0.05) is 52.0 Å². The molecule has 5 nitrogen and oxygen atoms in total. The summed E-state index contributed by atoms with van der Waals surface area (Å²) in [6.07, 6.45) is 0.780. The minimum Gasteiger partial charge on any atom is -0.497 e. The topological polar surface area (TPSA) is 64.1 Å². The minimum absolute atomic E-state index is 0.0164. The molecule has 0 atom stereocenters. The third-order valence-corrected chi connectivity index (χ3v) is 5.47. The highest BCUT2D eigenvalue weighted by Crippen LogP contribution is 2.21. The minimum atomic E-state index is -0.0164. The molecule has 0 aliphatic carbocycles. The maximum Gasteiger partial charge on any atom is 0.230 e. The summed E-state index contributed by atoms with van der Waals surface area (Å²) in [6, 6.07) is 19.6. The molecule has 0 aliphatic heterocycles. The third-order valence-electron chi connectivity index (χ3n) is 4.03. The molecule has 0 aliphatic rings. The fourth-order valence-corrected chi connectivity index (χ4v) is 3.41. The molecule has 0 saturated carbocycles. The lowest BCUT2D eigenvalue weighted by atomic mass is 10.1. The number of hydrogen-bond acceptors (Lipinski definition) is 5. The number of amides is 1. The van der Waals surface area contributed by atoms with E-state index in [1.54, 1.807) is 7.11 Å². The van der Waals surface area contributed by atoms with Gasteiger partial charge in [0.05, 0.1) is 18.6 Å². The second kappa shape index (κ2) is 10.2. The molecule has 1 aromatic heterocycles. The second-order valence-corrected chi connectivity index (χ2v) is 7.91. The molecule has 1 heterocycles. The van der Waals surface area contributed by atoms with Crippen LogP contribution in [-0.4, -0.2) is 35.5 Å². The predicted octanol–water partition coefficient (Wildman–Crippen LogP) is 4.37. The Labute approximate surface area is 177 Å². The molecule has 0 unspecified atom stereocenters. The van der Waals surface area contributed by atoms with Crippen molar-refractivity contribution in [2.24, 2.45) is 0 Å². The van der Waals surface area contributed by atoms with Crippen LogP contribution >= 0.6 is 27.7 Å². The van der Waals surface area contributed by atoms with Crippen molar-refractivity contribution in [3.63, 3.8) is 0 Å². The van der Waals surface area contributed by atoms with Crippen LogP contribution in [0.4, 0.5) is 0 Å². The van der Waals surface area contributed by atoms with Crippen LogP contribution in [0.5, 0.6) is 5.75 Å². The number of nitrogens with one attached hydrogen (secondary N) is 1. The zero-order valence-electron chi connectivity index (χ0n) is 15.4. The van der Waals surface area contributed by atoms with E-state index >= 15 is 0 Å². The quantitative estimate of drug-likeness (QED) is 0.508. The Balaban J connectivity index is 1.42. The van der Waals surface area contributed by atoms with Crippen LogP contribution in [0.2, 0.25) is 0 Å². The number of carbonyl (C=O) groups is 1. The smallest absolute Gasteiger partial charge is 0.230 e. The molecule has 3 aromatic rings. The first-order valence-electron chi connectivity index (χ1n) is 8.76. The van der Waals surface area contributed by atoms with Gasteiger partial charge in [-0.05, 0) is 48.4 Å². The Kier molecular flexibility index (Phi) is 7.45. The summed E-state index contributed by atoms with van der Waals surface area (Å²) >= 11 is 4.79. The van der Waals surface area contributed by atoms with E-state index in [9.17, 15) is 4.79 Å². The van der Waals surface area contributed by atoms with Gasteiger partial charge in [0.2, 0.25) is 5.91 Å². The zero-order chi connectivity index (χ0) is 19.8. The number of hydrogen-bond donors (Lipinski definition) is 1. The monoisotopic (exact) mass is 457 g/mol. The van der Waals surface area contributed by atoms with E-state index in [-0.39, 0.29) is 5.91 Å². The van der Waals surface area contributed by atoms with E-state index < -0.39 is 0 Å². The first kappa shape index (κ1) is 20.4. The Bertz CT molecular complexity index is 900. The highest BCUT2D eigenvalue weighted by molar-refractivity contribution is 9.10. The van der Waals surface area contributed by atoms with Crippen molar-refractivity contribution in [1.29, 1.82) is 0 Å². The van der Waals surface area contributed by atoms with E-state index in [0.29, 0.717) is 12.3 Å². The molecule has 7 heteroatoms. The molecule has 0 spiro atoms. The second-order valence-electron chi connectivity index (χ2n) is 6.00. The zero-order valence-corrected chi connectivity index (χ0v) is 17.8. The maximum absolute atomic E-state index is 12.0. The lowest BCUT2D eigenvalue weighted by Crippen LogP contribution is -2.27. The largest absolute Gasteiger partial charge is 0.497 e. The van der Waals surface area contributed by atoms with Crippen molar-refractivity contribution in [2.75, 3.05) is 19.4 Å². The lowest BCUT2D eigenvalue weighted by Gasteiger charge is -2.06. The standard InChI is InChI=1S/C21H20BrN3O2S/c1-27-18-8-2-15(3-9-18)12-13-23-20(26)14-28-21-11-10-19(24-25-21)16-4-6-17(22)7-5-16/h2-11H,12-14H2,1H3,(H,23,26). The summed E-state index contributed by atoms with van der Waals surface area (Å²) in [5.74, 6) is 1.13. The van der Waals surface area contributed by atoms with Crippen molar-refractivity contribution in [1.82, 2.24) is 15.5 Å². The number of ether oxygens (including phenoxy) is 1. The first-order chi connectivity index (χ1) is 13.6. The molecular weight excluding hydrogens is 438 g/mol. The Morgan fingerprint density at radius 1 is 1.04 bits per heavy atom. The van der Waals surface area contributed by atoms with E-state index in [1.165, 1.54) is 11.8 Å². The highest BCUT2D eigenvalue weighted by atomic mass is 79.9. The Hall–Kier alpha value is -2.38. The Morgan fingerprint density at radius 2 is 1.79 bits per heavy atom. The van der Waals surface area contributed by atoms with Crippen molar-refractivity contribution in [3.05, 3.63) is 70.7 Å². The summed E-state index contributed by atoms with van der Waals surface area (Å²) in [7, 11) is 1.64. The van der Waals surface area contributed by atoms with Gasteiger partial charge >= 0.3 is 0 Å². The fraction of sp³-hybridized carbons (Fsp3) is 0.190. The molecule has 144 valence electrons. The number of aromatic nitrogens is 2. The van der Waals surface area contributed by atoms with Gasteiger partial charge in [-0.2, -0.15) is 0 Å².